The van der Waals surface area contributed by atoms with Crippen LogP contribution in [0.1, 0.15) is 31.7 Å². The summed E-state index contributed by atoms with van der Waals surface area (Å²) in [5.41, 5.74) is 1.62. The van der Waals surface area contributed by atoms with Crippen LogP contribution in [0.25, 0.3) is 0 Å². The fourth-order valence-corrected chi connectivity index (χ4v) is 4.15. The van der Waals surface area contributed by atoms with E-state index in [0.717, 1.165) is 37.1 Å². The third-order valence-electron chi connectivity index (χ3n) is 4.95. The van der Waals surface area contributed by atoms with Crippen molar-refractivity contribution in [2.45, 2.75) is 49.7 Å². The molecular formula is C18H26N2O5S. The number of sulfonamides is 1. The van der Waals surface area contributed by atoms with Gasteiger partial charge in [-0.1, -0.05) is 0 Å². The lowest BCUT2D eigenvalue weighted by atomic mass is 10.1. The summed E-state index contributed by atoms with van der Waals surface area (Å²) < 4.78 is 37.6. The minimum Gasteiger partial charge on any atom is -0.376 e. The van der Waals surface area contributed by atoms with Crippen molar-refractivity contribution in [1.82, 2.24) is 4.72 Å². The maximum Gasteiger partial charge on any atom is 0.255 e. The Balaban J connectivity index is 1.65. The molecule has 2 aliphatic rings. The lowest BCUT2D eigenvalue weighted by Crippen LogP contribution is -2.39. The molecular weight excluding hydrogens is 356 g/mol. The molecule has 1 amide bonds. The summed E-state index contributed by atoms with van der Waals surface area (Å²) in [5.74, 6) is -0.108. The van der Waals surface area contributed by atoms with E-state index in [1.807, 2.05) is 0 Å². The Bertz CT molecular complexity index is 759. The number of amides is 1. The van der Waals surface area contributed by atoms with Crippen molar-refractivity contribution in [3.8, 4) is 0 Å². The molecule has 0 spiro atoms. The van der Waals surface area contributed by atoms with Gasteiger partial charge in [-0.3, -0.25) is 4.79 Å². The van der Waals surface area contributed by atoms with Gasteiger partial charge in [0.05, 0.1) is 17.6 Å². The van der Waals surface area contributed by atoms with Crippen molar-refractivity contribution in [1.29, 1.82) is 0 Å². The molecule has 26 heavy (non-hydrogen) atoms. The second-order valence-electron chi connectivity index (χ2n) is 6.70. The van der Waals surface area contributed by atoms with E-state index in [1.165, 1.54) is 13.1 Å². The lowest BCUT2D eigenvalue weighted by Gasteiger charge is -2.26. The van der Waals surface area contributed by atoms with Crippen molar-refractivity contribution in [3.05, 3.63) is 23.8 Å². The molecule has 7 nitrogen and oxygen atoms in total. The molecule has 2 aliphatic heterocycles. The first kappa shape index (κ1) is 19.3. The van der Waals surface area contributed by atoms with Crippen molar-refractivity contribution in [2.75, 3.05) is 31.7 Å². The summed E-state index contributed by atoms with van der Waals surface area (Å²) >= 11 is 0. The molecule has 1 aromatic rings. The van der Waals surface area contributed by atoms with Gasteiger partial charge < -0.3 is 14.4 Å². The van der Waals surface area contributed by atoms with Crippen LogP contribution in [0.3, 0.4) is 0 Å². The van der Waals surface area contributed by atoms with Gasteiger partial charge in [-0.05, 0) is 63.4 Å². The number of hydrogen-bond donors (Lipinski definition) is 1. The Morgan fingerprint density at radius 3 is 2.92 bits per heavy atom. The molecule has 1 aromatic carbocycles. The average Bonchev–Trinajstić information content (AvgIpc) is 3.09. The largest absolute Gasteiger partial charge is 0.376 e. The molecule has 2 unspecified atom stereocenters. The van der Waals surface area contributed by atoms with Crippen LogP contribution in [0.5, 0.6) is 0 Å². The molecule has 8 heteroatoms. The number of anilines is 1. The summed E-state index contributed by atoms with van der Waals surface area (Å²) in [7, 11) is -2.10. The van der Waals surface area contributed by atoms with Crippen molar-refractivity contribution in [2.24, 2.45) is 0 Å². The highest BCUT2D eigenvalue weighted by Crippen LogP contribution is 2.31. The Hall–Kier alpha value is -1.48. The van der Waals surface area contributed by atoms with Crippen LogP contribution in [0, 0.1) is 0 Å². The first-order valence-electron chi connectivity index (χ1n) is 9.03. The van der Waals surface area contributed by atoms with E-state index in [1.54, 1.807) is 24.0 Å². The Labute approximate surface area is 154 Å². The number of nitrogens with one attached hydrogen (secondary N) is 1. The number of fused-ring (bicyclic) bond motifs is 1. The monoisotopic (exact) mass is 382 g/mol. The topological polar surface area (TPSA) is 84.9 Å². The van der Waals surface area contributed by atoms with E-state index >= 15 is 0 Å². The summed E-state index contributed by atoms with van der Waals surface area (Å²) in [5, 5.41) is 0. The van der Waals surface area contributed by atoms with Crippen LogP contribution < -0.4 is 9.62 Å². The molecule has 3 rings (SSSR count). The van der Waals surface area contributed by atoms with Gasteiger partial charge in [0.1, 0.15) is 6.10 Å². The number of hydrogen-bond acceptors (Lipinski definition) is 5. The van der Waals surface area contributed by atoms with Gasteiger partial charge >= 0.3 is 0 Å². The molecule has 0 saturated carbocycles. The highest BCUT2D eigenvalue weighted by Gasteiger charge is 2.30. The van der Waals surface area contributed by atoms with Crippen LogP contribution in [0.15, 0.2) is 23.1 Å². The summed E-state index contributed by atoms with van der Waals surface area (Å²) in [6.07, 6.45) is 3.32. The van der Waals surface area contributed by atoms with E-state index in [9.17, 15) is 13.2 Å². The highest BCUT2D eigenvalue weighted by molar-refractivity contribution is 7.89. The molecule has 0 bridgehead atoms. The van der Waals surface area contributed by atoms with Gasteiger partial charge in [-0.2, -0.15) is 0 Å². The van der Waals surface area contributed by atoms with Crippen LogP contribution in [-0.2, 0) is 30.7 Å². The minimum atomic E-state index is -3.49. The predicted molar refractivity (Wildman–Crippen MR) is 97.7 cm³/mol. The zero-order valence-corrected chi connectivity index (χ0v) is 16.0. The molecule has 1 fully saturated rings. The van der Waals surface area contributed by atoms with Crippen molar-refractivity contribution in [3.63, 3.8) is 0 Å². The first-order valence-corrected chi connectivity index (χ1v) is 10.5. The van der Waals surface area contributed by atoms with Gasteiger partial charge in [-0.15, -0.1) is 0 Å². The van der Waals surface area contributed by atoms with Crippen LogP contribution in [-0.4, -0.2) is 53.3 Å². The van der Waals surface area contributed by atoms with Gasteiger partial charge in [0.2, 0.25) is 10.0 Å². The second-order valence-corrected chi connectivity index (χ2v) is 8.59. The molecule has 1 N–H and O–H groups in total. The Morgan fingerprint density at radius 2 is 2.23 bits per heavy atom. The molecule has 2 heterocycles. The number of carbonyl (C=O) groups is 1. The van der Waals surface area contributed by atoms with Crippen LogP contribution in [0.4, 0.5) is 5.69 Å². The molecule has 0 aliphatic carbocycles. The smallest absolute Gasteiger partial charge is 0.255 e. The SMILES string of the molecule is CNS(=O)(=O)c1ccc2c(c1)CCN2C(=O)C(C)OCC1CCCCO1. The minimum absolute atomic E-state index is 0.0687. The third kappa shape index (κ3) is 4.09. The number of carbonyl (C=O) groups excluding carboxylic acids is 1. The molecule has 1 saturated heterocycles. The molecule has 0 aromatic heterocycles. The third-order valence-corrected chi connectivity index (χ3v) is 6.36. The van der Waals surface area contributed by atoms with Crippen molar-refractivity contribution >= 4 is 21.6 Å². The predicted octanol–water partition coefficient (Wildman–Crippen LogP) is 1.46. The first-order chi connectivity index (χ1) is 12.4. The van der Waals surface area contributed by atoms with E-state index in [4.69, 9.17) is 9.47 Å². The maximum atomic E-state index is 12.7. The zero-order valence-electron chi connectivity index (χ0n) is 15.2. The van der Waals surface area contributed by atoms with Gasteiger partial charge in [0, 0.05) is 18.8 Å². The van der Waals surface area contributed by atoms with Crippen molar-refractivity contribution < 1.29 is 22.7 Å². The van der Waals surface area contributed by atoms with Gasteiger partial charge in [0.15, 0.2) is 0 Å². The van der Waals surface area contributed by atoms with E-state index in [-0.39, 0.29) is 16.9 Å². The number of rotatable bonds is 6. The number of nitrogens with zero attached hydrogens (tertiary/aromatic N) is 1. The highest BCUT2D eigenvalue weighted by atomic mass is 32.2. The lowest BCUT2D eigenvalue weighted by molar-refractivity contribution is -0.132. The standard InChI is InChI=1S/C18H26N2O5S/c1-13(25-12-15-5-3-4-10-24-15)18(21)20-9-8-14-11-16(6-7-17(14)20)26(22,23)19-2/h6-7,11,13,15,19H,3-5,8-10,12H2,1-2H3. The maximum absolute atomic E-state index is 12.7. The Morgan fingerprint density at radius 1 is 1.42 bits per heavy atom. The molecule has 144 valence electrons. The van der Waals surface area contributed by atoms with E-state index < -0.39 is 16.1 Å². The molecule has 0 radical (unpaired) electrons. The fourth-order valence-electron chi connectivity index (χ4n) is 3.37. The van der Waals surface area contributed by atoms with Gasteiger partial charge in [0.25, 0.3) is 5.91 Å². The number of benzene rings is 1. The Kier molecular flexibility index (Phi) is 5.96. The summed E-state index contributed by atoms with van der Waals surface area (Å²) in [4.78, 5) is 14.6. The average molecular weight is 382 g/mol. The van der Waals surface area contributed by atoms with E-state index in [2.05, 4.69) is 4.72 Å². The van der Waals surface area contributed by atoms with Crippen LogP contribution in [0.2, 0.25) is 0 Å². The summed E-state index contributed by atoms with van der Waals surface area (Å²) in [6, 6.07) is 4.86. The quantitative estimate of drug-likeness (QED) is 0.805. The zero-order chi connectivity index (χ0) is 18.7. The van der Waals surface area contributed by atoms with Gasteiger partial charge in [-0.25, -0.2) is 13.1 Å². The summed E-state index contributed by atoms with van der Waals surface area (Å²) in [6.45, 7) is 3.47. The second kappa shape index (κ2) is 8.04. The normalized spacial score (nSPS) is 21.5. The van der Waals surface area contributed by atoms with Crippen LogP contribution >= 0.6 is 0 Å². The van der Waals surface area contributed by atoms with E-state index in [0.29, 0.717) is 19.6 Å². The number of ether oxygens (including phenoxy) is 2. The molecule has 2 atom stereocenters. The fraction of sp³-hybridized carbons (Fsp3) is 0.611.